The van der Waals surface area contributed by atoms with E-state index >= 15 is 0 Å². The Morgan fingerprint density at radius 3 is 2.65 bits per heavy atom. The van der Waals surface area contributed by atoms with Crippen LogP contribution in [0.3, 0.4) is 0 Å². The first-order valence-corrected chi connectivity index (χ1v) is 6.66. The summed E-state index contributed by atoms with van der Waals surface area (Å²) in [5.41, 5.74) is 2.19. The summed E-state index contributed by atoms with van der Waals surface area (Å²) in [6.45, 7) is 2.37. The highest BCUT2D eigenvalue weighted by Crippen LogP contribution is 2.16. The van der Waals surface area contributed by atoms with Gasteiger partial charge >= 0.3 is 5.82 Å². The van der Waals surface area contributed by atoms with Gasteiger partial charge in [-0.05, 0) is 23.5 Å². The first-order valence-electron chi connectivity index (χ1n) is 6.12. The molecule has 0 fully saturated rings. The van der Waals surface area contributed by atoms with E-state index in [0.29, 0.717) is 18.2 Å². The van der Waals surface area contributed by atoms with Gasteiger partial charge in [0.1, 0.15) is 12.7 Å². The summed E-state index contributed by atoms with van der Waals surface area (Å²) in [6.07, 6.45) is 4.88. The highest BCUT2D eigenvalue weighted by Gasteiger charge is 2.17. The second-order valence-corrected chi connectivity index (χ2v) is 4.69. The number of benzene rings is 1. The highest BCUT2D eigenvalue weighted by atomic mass is 35.5. The van der Waals surface area contributed by atoms with Crippen LogP contribution in [0.25, 0.3) is 12.2 Å². The van der Waals surface area contributed by atoms with Crippen LogP contribution in [0.1, 0.15) is 17.0 Å². The Morgan fingerprint density at radius 1 is 1.35 bits per heavy atom. The summed E-state index contributed by atoms with van der Waals surface area (Å²) in [4.78, 5) is 14.5. The molecular weight excluding hydrogens is 278 g/mol. The van der Waals surface area contributed by atoms with Gasteiger partial charge in [-0.25, -0.2) is 9.55 Å². The van der Waals surface area contributed by atoms with Gasteiger partial charge in [0, 0.05) is 6.08 Å². The van der Waals surface area contributed by atoms with E-state index in [2.05, 4.69) is 4.98 Å². The number of aryl methyl sites for hydroxylation is 1. The van der Waals surface area contributed by atoms with Crippen molar-refractivity contribution in [3.8, 4) is 0 Å². The molecular formula is C14H14ClN3O2. The molecule has 1 aromatic heterocycles. The summed E-state index contributed by atoms with van der Waals surface area (Å²) >= 11 is 5.68. The molecule has 0 aliphatic carbocycles. The lowest BCUT2D eigenvalue weighted by Gasteiger charge is -2.00. The SMILES string of the molecule is Cc1ccc(/C=C/c2ncc([N+](=O)[O-])n2CCCl)cc1. The number of aromatic nitrogens is 2. The quantitative estimate of drug-likeness (QED) is 0.481. The van der Waals surface area contributed by atoms with Crippen LogP contribution >= 0.6 is 11.6 Å². The normalized spacial score (nSPS) is 11.1. The second kappa shape index (κ2) is 6.34. The maximum atomic E-state index is 10.9. The Hall–Kier alpha value is -2.14. The van der Waals surface area contributed by atoms with E-state index in [4.69, 9.17) is 11.6 Å². The fourth-order valence-electron chi connectivity index (χ4n) is 1.82. The van der Waals surface area contributed by atoms with E-state index in [1.165, 1.54) is 16.3 Å². The van der Waals surface area contributed by atoms with Gasteiger partial charge in [-0.1, -0.05) is 29.8 Å². The molecule has 0 N–H and O–H groups in total. The molecule has 0 aliphatic heterocycles. The molecule has 20 heavy (non-hydrogen) atoms. The van der Waals surface area contributed by atoms with Crippen LogP contribution < -0.4 is 0 Å². The molecule has 0 bridgehead atoms. The summed E-state index contributed by atoms with van der Waals surface area (Å²) in [5, 5.41) is 10.9. The van der Waals surface area contributed by atoms with Crippen LogP contribution in [0.15, 0.2) is 30.5 Å². The first-order chi connectivity index (χ1) is 9.61. The number of nitrogens with zero attached hydrogens (tertiary/aromatic N) is 3. The molecule has 0 unspecified atom stereocenters. The molecule has 5 nitrogen and oxygen atoms in total. The first kappa shape index (κ1) is 14.3. The Morgan fingerprint density at radius 2 is 2.05 bits per heavy atom. The smallest absolute Gasteiger partial charge is 0.343 e. The third-order valence-electron chi connectivity index (χ3n) is 2.86. The molecule has 0 spiro atoms. The molecule has 0 radical (unpaired) electrons. The minimum Gasteiger partial charge on any atom is -0.358 e. The number of imidazole rings is 1. The number of hydrogen-bond donors (Lipinski definition) is 0. The lowest BCUT2D eigenvalue weighted by Crippen LogP contribution is -2.05. The third-order valence-corrected chi connectivity index (χ3v) is 3.03. The largest absolute Gasteiger partial charge is 0.358 e. The Balaban J connectivity index is 2.28. The maximum Gasteiger partial charge on any atom is 0.343 e. The Kier molecular flexibility index (Phi) is 4.53. The van der Waals surface area contributed by atoms with Crippen molar-refractivity contribution in [2.24, 2.45) is 0 Å². The average Bonchev–Trinajstić information content (AvgIpc) is 2.82. The maximum absolute atomic E-state index is 10.9. The zero-order valence-electron chi connectivity index (χ0n) is 11.0. The molecule has 6 heteroatoms. The Labute approximate surface area is 121 Å². The number of nitro groups is 1. The van der Waals surface area contributed by atoms with Crippen molar-refractivity contribution in [3.63, 3.8) is 0 Å². The molecule has 104 valence electrons. The molecule has 0 saturated carbocycles. The monoisotopic (exact) mass is 291 g/mol. The lowest BCUT2D eigenvalue weighted by molar-refractivity contribution is -0.392. The van der Waals surface area contributed by atoms with Gasteiger partial charge < -0.3 is 10.1 Å². The summed E-state index contributed by atoms with van der Waals surface area (Å²) in [5.74, 6) is 0.773. The zero-order valence-corrected chi connectivity index (χ0v) is 11.7. The number of hydrogen-bond acceptors (Lipinski definition) is 3. The minimum atomic E-state index is -0.456. The second-order valence-electron chi connectivity index (χ2n) is 4.32. The van der Waals surface area contributed by atoms with Crippen molar-refractivity contribution >= 4 is 29.6 Å². The van der Waals surface area contributed by atoms with Crippen LogP contribution in [0.4, 0.5) is 5.82 Å². The van der Waals surface area contributed by atoms with E-state index in [0.717, 1.165) is 5.56 Å². The van der Waals surface area contributed by atoms with E-state index < -0.39 is 4.92 Å². The van der Waals surface area contributed by atoms with Crippen molar-refractivity contribution in [1.82, 2.24) is 9.55 Å². The molecule has 2 aromatic rings. The van der Waals surface area contributed by atoms with Gasteiger partial charge in [-0.3, -0.25) is 0 Å². The molecule has 0 saturated heterocycles. The molecule has 0 amide bonds. The molecule has 1 aromatic carbocycles. The van der Waals surface area contributed by atoms with Gasteiger partial charge in [0.25, 0.3) is 0 Å². The van der Waals surface area contributed by atoms with Crippen molar-refractivity contribution in [2.45, 2.75) is 13.5 Å². The molecule has 0 aliphatic rings. The Bertz CT molecular complexity index is 632. The van der Waals surface area contributed by atoms with Crippen LogP contribution in [-0.2, 0) is 6.54 Å². The number of alkyl halides is 1. The van der Waals surface area contributed by atoms with Crippen LogP contribution in [-0.4, -0.2) is 20.4 Å². The van der Waals surface area contributed by atoms with Gasteiger partial charge in [-0.15, -0.1) is 11.6 Å². The lowest BCUT2D eigenvalue weighted by atomic mass is 10.1. The van der Waals surface area contributed by atoms with Gasteiger partial charge in [-0.2, -0.15) is 0 Å². The van der Waals surface area contributed by atoms with Crippen molar-refractivity contribution < 1.29 is 4.92 Å². The predicted octanol–water partition coefficient (Wildman–Crippen LogP) is 3.51. The predicted molar refractivity (Wildman–Crippen MR) is 79.7 cm³/mol. The van der Waals surface area contributed by atoms with Crippen molar-refractivity contribution in [1.29, 1.82) is 0 Å². The van der Waals surface area contributed by atoms with Crippen LogP contribution in [0.5, 0.6) is 0 Å². The number of halogens is 1. The minimum absolute atomic E-state index is 0.0470. The van der Waals surface area contributed by atoms with Crippen LogP contribution in [0, 0.1) is 17.0 Å². The standard InChI is InChI=1S/C14H14ClN3O2/c1-11-2-4-12(5-3-11)6-7-13-16-10-14(18(19)20)17(13)9-8-15/h2-7,10H,8-9H2,1H3/b7-6+. The third kappa shape index (κ3) is 3.24. The van der Waals surface area contributed by atoms with E-state index in [9.17, 15) is 10.1 Å². The van der Waals surface area contributed by atoms with E-state index in [1.54, 1.807) is 6.08 Å². The molecule has 2 rings (SSSR count). The fraction of sp³-hybridized carbons (Fsp3) is 0.214. The van der Waals surface area contributed by atoms with E-state index in [1.807, 2.05) is 37.3 Å². The van der Waals surface area contributed by atoms with Gasteiger partial charge in [0.15, 0.2) is 0 Å². The highest BCUT2D eigenvalue weighted by molar-refractivity contribution is 6.17. The van der Waals surface area contributed by atoms with Crippen molar-refractivity contribution in [3.05, 3.63) is 57.5 Å². The summed E-state index contributed by atoms with van der Waals surface area (Å²) in [6, 6.07) is 7.98. The average molecular weight is 292 g/mol. The number of rotatable bonds is 5. The zero-order chi connectivity index (χ0) is 14.5. The summed E-state index contributed by atoms with van der Waals surface area (Å²) in [7, 11) is 0. The van der Waals surface area contributed by atoms with Gasteiger partial charge in [0.05, 0.1) is 5.88 Å². The fourth-order valence-corrected chi connectivity index (χ4v) is 1.99. The van der Waals surface area contributed by atoms with E-state index in [-0.39, 0.29) is 5.82 Å². The van der Waals surface area contributed by atoms with Gasteiger partial charge in [0.2, 0.25) is 5.82 Å². The van der Waals surface area contributed by atoms with Crippen molar-refractivity contribution in [2.75, 3.05) is 5.88 Å². The molecule has 1 heterocycles. The molecule has 0 atom stereocenters. The summed E-state index contributed by atoms with van der Waals surface area (Å²) < 4.78 is 1.50. The van der Waals surface area contributed by atoms with Crippen LogP contribution in [0.2, 0.25) is 0 Å². The topological polar surface area (TPSA) is 61.0 Å².